The third-order valence-corrected chi connectivity index (χ3v) is 3.35. The zero-order chi connectivity index (χ0) is 15.5. The summed E-state index contributed by atoms with van der Waals surface area (Å²) >= 11 is 5.96. The van der Waals surface area contributed by atoms with Crippen LogP contribution in [-0.4, -0.2) is 6.03 Å². The van der Waals surface area contributed by atoms with E-state index in [4.69, 9.17) is 16.0 Å². The normalized spacial score (nSPS) is 10.4. The van der Waals surface area contributed by atoms with Crippen LogP contribution in [0.1, 0.15) is 0 Å². The van der Waals surface area contributed by atoms with Gasteiger partial charge in [0.25, 0.3) is 0 Å². The van der Waals surface area contributed by atoms with E-state index in [2.05, 4.69) is 10.6 Å². The van der Waals surface area contributed by atoms with Crippen LogP contribution in [0, 0.1) is 0 Å². The predicted octanol–water partition coefficient (Wildman–Crippen LogP) is 4.09. The lowest BCUT2D eigenvalue weighted by molar-refractivity contribution is 0.262. The van der Waals surface area contributed by atoms with E-state index in [1.165, 1.54) is 12.3 Å². The highest BCUT2D eigenvalue weighted by Crippen LogP contribution is 2.23. The average Bonchev–Trinajstić information content (AvgIpc) is 2.52. The first-order chi connectivity index (χ1) is 10.6. The highest BCUT2D eigenvalue weighted by Gasteiger charge is 2.08. The number of carbonyl (C=O) groups is 1. The molecule has 0 aliphatic rings. The number of anilines is 2. The predicted molar refractivity (Wildman–Crippen MR) is 86.6 cm³/mol. The van der Waals surface area contributed by atoms with E-state index in [0.29, 0.717) is 27.2 Å². The van der Waals surface area contributed by atoms with E-state index in [0.717, 1.165) is 0 Å². The van der Waals surface area contributed by atoms with Gasteiger partial charge in [-0.05, 0) is 24.3 Å². The molecule has 0 unspecified atom stereocenters. The fourth-order valence-corrected chi connectivity index (χ4v) is 2.26. The van der Waals surface area contributed by atoms with Crippen molar-refractivity contribution in [3.63, 3.8) is 0 Å². The van der Waals surface area contributed by atoms with Gasteiger partial charge in [0.1, 0.15) is 6.26 Å². The van der Waals surface area contributed by atoms with E-state index in [1.807, 2.05) is 18.2 Å². The maximum atomic E-state index is 11.9. The minimum Gasteiger partial charge on any atom is -0.429 e. The highest BCUT2D eigenvalue weighted by atomic mass is 35.5. The lowest BCUT2D eigenvalue weighted by Gasteiger charge is -2.08. The summed E-state index contributed by atoms with van der Waals surface area (Å²) in [6.45, 7) is 0. The molecule has 3 rings (SSSR count). The number of urea groups is 1. The van der Waals surface area contributed by atoms with E-state index in [9.17, 15) is 9.59 Å². The first-order valence-corrected chi connectivity index (χ1v) is 6.85. The first kappa shape index (κ1) is 14.2. The third kappa shape index (κ3) is 2.94. The molecule has 22 heavy (non-hydrogen) atoms. The molecular weight excluding hydrogens is 304 g/mol. The van der Waals surface area contributed by atoms with Gasteiger partial charge in [0.2, 0.25) is 0 Å². The van der Waals surface area contributed by atoms with Crippen molar-refractivity contribution in [3.05, 3.63) is 70.2 Å². The van der Waals surface area contributed by atoms with E-state index < -0.39 is 11.7 Å². The van der Waals surface area contributed by atoms with Gasteiger partial charge in [0, 0.05) is 16.8 Å². The number of benzene rings is 2. The number of nitrogens with one attached hydrogen (secondary N) is 2. The second kappa shape index (κ2) is 5.91. The molecule has 0 fully saturated rings. The Hall–Kier alpha value is -2.79. The molecular formula is C16H11ClN2O3. The van der Waals surface area contributed by atoms with Crippen molar-refractivity contribution >= 4 is 39.8 Å². The minimum absolute atomic E-state index is 0.310. The Morgan fingerprint density at radius 2 is 1.68 bits per heavy atom. The van der Waals surface area contributed by atoms with Crippen molar-refractivity contribution in [2.24, 2.45) is 0 Å². The molecule has 0 saturated carbocycles. The van der Waals surface area contributed by atoms with Gasteiger partial charge in [-0.3, -0.25) is 0 Å². The number of hydrogen-bond donors (Lipinski definition) is 2. The Bertz CT molecular complexity index is 891. The molecule has 0 aliphatic carbocycles. The zero-order valence-electron chi connectivity index (χ0n) is 11.3. The van der Waals surface area contributed by atoms with Gasteiger partial charge in [0.05, 0.1) is 10.4 Å². The number of hydrogen-bond acceptors (Lipinski definition) is 3. The van der Waals surface area contributed by atoms with Crippen molar-refractivity contribution in [1.82, 2.24) is 0 Å². The largest absolute Gasteiger partial charge is 0.429 e. The molecule has 110 valence electrons. The summed E-state index contributed by atoms with van der Waals surface area (Å²) in [5.41, 5.74) is 0.630. The number of rotatable bonds is 2. The van der Waals surface area contributed by atoms with Crippen LogP contribution in [-0.2, 0) is 0 Å². The van der Waals surface area contributed by atoms with E-state index >= 15 is 0 Å². The molecule has 5 nitrogen and oxygen atoms in total. The van der Waals surface area contributed by atoms with Crippen LogP contribution in [0.3, 0.4) is 0 Å². The van der Waals surface area contributed by atoms with Gasteiger partial charge in [-0.2, -0.15) is 0 Å². The molecule has 3 aromatic rings. The Labute approximate surface area is 130 Å². The summed E-state index contributed by atoms with van der Waals surface area (Å²) in [6, 6.07) is 13.5. The molecule has 2 aromatic carbocycles. The van der Waals surface area contributed by atoms with Gasteiger partial charge in [-0.25, -0.2) is 9.59 Å². The lowest BCUT2D eigenvalue weighted by Crippen LogP contribution is -2.19. The summed E-state index contributed by atoms with van der Waals surface area (Å²) in [4.78, 5) is 23.6. The van der Waals surface area contributed by atoms with Crippen molar-refractivity contribution in [2.45, 2.75) is 0 Å². The second-order valence-corrected chi connectivity index (χ2v) is 4.98. The lowest BCUT2D eigenvalue weighted by atomic mass is 10.1. The van der Waals surface area contributed by atoms with Crippen molar-refractivity contribution in [1.29, 1.82) is 0 Å². The van der Waals surface area contributed by atoms with Crippen LogP contribution in [0.2, 0.25) is 5.02 Å². The molecule has 1 heterocycles. The monoisotopic (exact) mass is 314 g/mol. The Morgan fingerprint density at radius 1 is 0.955 bits per heavy atom. The summed E-state index contributed by atoms with van der Waals surface area (Å²) < 4.78 is 4.81. The minimum atomic E-state index is -0.508. The number of carbonyl (C=O) groups excluding carboxylic acids is 1. The first-order valence-electron chi connectivity index (χ1n) is 6.47. The van der Waals surface area contributed by atoms with Crippen molar-refractivity contribution in [2.75, 3.05) is 10.6 Å². The quantitative estimate of drug-likeness (QED) is 0.748. The van der Waals surface area contributed by atoms with Gasteiger partial charge in [-0.1, -0.05) is 35.9 Å². The maximum absolute atomic E-state index is 11.9. The van der Waals surface area contributed by atoms with Crippen LogP contribution in [0.4, 0.5) is 16.2 Å². The van der Waals surface area contributed by atoms with Crippen molar-refractivity contribution < 1.29 is 9.21 Å². The van der Waals surface area contributed by atoms with Gasteiger partial charge in [-0.15, -0.1) is 0 Å². The highest BCUT2D eigenvalue weighted by molar-refractivity contribution is 6.35. The van der Waals surface area contributed by atoms with E-state index in [1.54, 1.807) is 24.3 Å². The number of halogens is 1. The third-order valence-electron chi connectivity index (χ3n) is 3.06. The van der Waals surface area contributed by atoms with Crippen LogP contribution >= 0.6 is 11.6 Å². The SMILES string of the molecule is O=C(Nc1ccccc1)Nc1ccc2c(Cl)coc(=O)c2c1. The molecule has 2 amide bonds. The number of amides is 2. The van der Waals surface area contributed by atoms with Gasteiger partial charge >= 0.3 is 11.7 Å². The summed E-state index contributed by atoms with van der Waals surface area (Å²) in [7, 11) is 0. The van der Waals surface area contributed by atoms with E-state index in [-0.39, 0.29) is 0 Å². The second-order valence-electron chi connectivity index (χ2n) is 4.58. The average molecular weight is 315 g/mol. The van der Waals surface area contributed by atoms with Gasteiger partial charge in [0.15, 0.2) is 0 Å². The maximum Gasteiger partial charge on any atom is 0.343 e. The molecule has 0 radical (unpaired) electrons. The van der Waals surface area contributed by atoms with Crippen LogP contribution in [0.5, 0.6) is 0 Å². The standard InChI is InChI=1S/C16H11ClN2O3/c17-14-9-22-15(20)13-8-11(6-7-12(13)14)19-16(21)18-10-4-2-1-3-5-10/h1-9H,(H2,18,19,21). The summed E-state index contributed by atoms with van der Waals surface area (Å²) in [6.07, 6.45) is 1.20. The molecule has 0 bridgehead atoms. The number of fused-ring (bicyclic) bond motifs is 1. The molecule has 0 atom stereocenters. The molecule has 1 aromatic heterocycles. The molecule has 6 heteroatoms. The zero-order valence-corrected chi connectivity index (χ0v) is 12.1. The fourth-order valence-electron chi connectivity index (χ4n) is 2.05. The topological polar surface area (TPSA) is 71.3 Å². The van der Waals surface area contributed by atoms with Crippen LogP contribution in [0.15, 0.2) is 64.0 Å². The molecule has 2 N–H and O–H groups in total. The Kier molecular flexibility index (Phi) is 3.80. The molecule has 0 spiro atoms. The molecule has 0 saturated heterocycles. The molecule has 0 aliphatic heterocycles. The smallest absolute Gasteiger partial charge is 0.343 e. The van der Waals surface area contributed by atoms with Gasteiger partial charge < -0.3 is 15.1 Å². The van der Waals surface area contributed by atoms with Crippen LogP contribution < -0.4 is 16.3 Å². The Morgan fingerprint density at radius 3 is 2.45 bits per heavy atom. The Balaban J connectivity index is 1.84. The van der Waals surface area contributed by atoms with Crippen molar-refractivity contribution in [3.8, 4) is 0 Å². The number of para-hydroxylation sites is 1. The fraction of sp³-hybridized carbons (Fsp3) is 0. The summed E-state index contributed by atoms with van der Waals surface area (Å²) in [5.74, 6) is 0. The summed E-state index contributed by atoms with van der Waals surface area (Å²) in [5, 5.41) is 6.57. The van der Waals surface area contributed by atoms with Crippen LogP contribution in [0.25, 0.3) is 10.8 Å².